The highest BCUT2D eigenvalue weighted by Crippen LogP contribution is 2.23. The van der Waals surface area contributed by atoms with Gasteiger partial charge in [0.1, 0.15) is 12.4 Å². The van der Waals surface area contributed by atoms with Gasteiger partial charge in [-0.05, 0) is 45.6 Å². The molecule has 0 amide bonds. The van der Waals surface area contributed by atoms with Crippen LogP contribution in [-0.2, 0) is 6.61 Å². The molecular formula is C14H15BrOS. The Morgan fingerprint density at radius 1 is 1.24 bits per heavy atom. The molecule has 1 heterocycles. The highest BCUT2D eigenvalue weighted by atomic mass is 79.9. The Kier molecular flexibility index (Phi) is 4.24. The van der Waals surface area contributed by atoms with Gasteiger partial charge < -0.3 is 4.74 Å². The zero-order valence-corrected chi connectivity index (χ0v) is 12.3. The van der Waals surface area contributed by atoms with E-state index in [9.17, 15) is 0 Å². The lowest BCUT2D eigenvalue weighted by Crippen LogP contribution is -1.93. The Morgan fingerprint density at radius 2 is 1.94 bits per heavy atom. The molecule has 1 nitrogen and oxygen atoms in total. The fraction of sp³-hybridized carbons (Fsp3) is 0.286. The summed E-state index contributed by atoms with van der Waals surface area (Å²) in [6.45, 7) is 5.02. The largest absolute Gasteiger partial charge is 0.488 e. The van der Waals surface area contributed by atoms with Crippen molar-refractivity contribution in [1.29, 1.82) is 0 Å². The summed E-state index contributed by atoms with van der Waals surface area (Å²) < 4.78 is 6.85. The van der Waals surface area contributed by atoms with Crippen molar-refractivity contribution >= 4 is 27.3 Å². The van der Waals surface area contributed by atoms with Crippen molar-refractivity contribution in [3.8, 4) is 5.75 Å². The second-order valence-corrected chi connectivity index (χ2v) is 6.16. The molecule has 3 heteroatoms. The van der Waals surface area contributed by atoms with Crippen LogP contribution in [0.2, 0.25) is 0 Å². The smallest absolute Gasteiger partial charge is 0.122 e. The normalized spacial score (nSPS) is 10.8. The Balaban J connectivity index is 1.95. The molecule has 0 saturated carbocycles. The zero-order chi connectivity index (χ0) is 12.3. The zero-order valence-electron chi connectivity index (χ0n) is 9.94. The minimum atomic E-state index is 0.567. The van der Waals surface area contributed by atoms with Gasteiger partial charge in [-0.1, -0.05) is 26.0 Å². The van der Waals surface area contributed by atoms with Gasteiger partial charge in [-0.3, -0.25) is 0 Å². The van der Waals surface area contributed by atoms with E-state index >= 15 is 0 Å². The summed E-state index contributed by atoms with van der Waals surface area (Å²) in [5.74, 6) is 1.50. The van der Waals surface area contributed by atoms with Gasteiger partial charge in [-0.25, -0.2) is 0 Å². The highest BCUT2D eigenvalue weighted by Gasteiger charge is 2.01. The fourth-order valence-corrected chi connectivity index (χ4v) is 2.90. The summed E-state index contributed by atoms with van der Waals surface area (Å²) in [7, 11) is 0. The maximum atomic E-state index is 5.73. The molecule has 0 saturated heterocycles. The molecule has 0 unspecified atom stereocenters. The lowest BCUT2D eigenvalue weighted by molar-refractivity contribution is 0.309. The predicted molar refractivity (Wildman–Crippen MR) is 76.9 cm³/mol. The van der Waals surface area contributed by atoms with Crippen LogP contribution in [0.5, 0.6) is 5.75 Å². The maximum absolute atomic E-state index is 5.73. The van der Waals surface area contributed by atoms with Gasteiger partial charge in [-0.15, -0.1) is 11.3 Å². The van der Waals surface area contributed by atoms with E-state index in [2.05, 4.69) is 53.4 Å². The van der Waals surface area contributed by atoms with Gasteiger partial charge in [0.15, 0.2) is 0 Å². The average molecular weight is 311 g/mol. The first-order valence-corrected chi connectivity index (χ1v) is 7.28. The maximum Gasteiger partial charge on any atom is 0.122 e. The van der Waals surface area contributed by atoms with Crippen molar-refractivity contribution in [1.82, 2.24) is 0 Å². The minimum Gasteiger partial charge on any atom is -0.488 e. The molecule has 90 valence electrons. The first-order chi connectivity index (χ1) is 8.15. The number of hydrogen-bond donors (Lipinski definition) is 0. The molecule has 0 spiro atoms. The van der Waals surface area contributed by atoms with E-state index in [0.717, 1.165) is 10.2 Å². The van der Waals surface area contributed by atoms with Crippen molar-refractivity contribution in [3.63, 3.8) is 0 Å². The number of rotatable bonds is 4. The van der Waals surface area contributed by atoms with Crippen LogP contribution >= 0.6 is 27.3 Å². The Labute approximate surface area is 115 Å². The molecule has 0 atom stereocenters. The summed E-state index contributed by atoms with van der Waals surface area (Å²) in [5.41, 5.74) is 1.34. The van der Waals surface area contributed by atoms with Crippen LogP contribution in [0.25, 0.3) is 0 Å². The molecule has 2 aromatic rings. The Hall–Kier alpha value is -0.800. The van der Waals surface area contributed by atoms with Crippen molar-refractivity contribution in [2.75, 3.05) is 0 Å². The second-order valence-electron chi connectivity index (χ2n) is 4.24. The molecule has 0 aliphatic heterocycles. The number of benzene rings is 1. The van der Waals surface area contributed by atoms with Crippen molar-refractivity contribution in [2.24, 2.45) is 0 Å². The summed E-state index contributed by atoms with van der Waals surface area (Å²) in [5, 5.41) is 2.07. The molecule has 0 aliphatic rings. The van der Waals surface area contributed by atoms with Crippen LogP contribution in [0.3, 0.4) is 0 Å². The first-order valence-electron chi connectivity index (χ1n) is 5.61. The SMILES string of the molecule is CC(C)c1ccc(OCc2cc(Br)cs2)cc1. The van der Waals surface area contributed by atoms with Crippen LogP contribution in [-0.4, -0.2) is 0 Å². The minimum absolute atomic E-state index is 0.567. The van der Waals surface area contributed by atoms with Crippen LogP contribution in [0, 0.1) is 0 Å². The monoisotopic (exact) mass is 310 g/mol. The standard InChI is InChI=1S/C14H15BrOS/c1-10(2)11-3-5-13(6-4-11)16-8-14-7-12(15)9-17-14/h3-7,9-10H,8H2,1-2H3. The summed E-state index contributed by atoms with van der Waals surface area (Å²) in [4.78, 5) is 1.23. The van der Waals surface area contributed by atoms with Crippen LogP contribution < -0.4 is 4.74 Å². The van der Waals surface area contributed by atoms with E-state index in [1.807, 2.05) is 12.1 Å². The van der Waals surface area contributed by atoms with Crippen molar-refractivity contribution in [2.45, 2.75) is 26.4 Å². The van der Waals surface area contributed by atoms with Gasteiger partial charge in [-0.2, -0.15) is 0 Å². The van der Waals surface area contributed by atoms with Gasteiger partial charge in [0.2, 0.25) is 0 Å². The van der Waals surface area contributed by atoms with E-state index in [1.54, 1.807) is 11.3 Å². The number of hydrogen-bond acceptors (Lipinski definition) is 2. The Morgan fingerprint density at radius 3 is 2.47 bits per heavy atom. The number of thiophene rings is 1. The second kappa shape index (κ2) is 5.69. The molecule has 0 N–H and O–H groups in total. The van der Waals surface area contributed by atoms with Gasteiger partial charge in [0.05, 0.1) is 0 Å². The molecule has 0 fully saturated rings. The van der Waals surface area contributed by atoms with Crippen molar-refractivity contribution in [3.05, 3.63) is 50.6 Å². The van der Waals surface area contributed by atoms with E-state index in [1.165, 1.54) is 10.4 Å². The van der Waals surface area contributed by atoms with E-state index < -0.39 is 0 Å². The van der Waals surface area contributed by atoms with Gasteiger partial charge >= 0.3 is 0 Å². The van der Waals surface area contributed by atoms with Crippen LogP contribution in [0.4, 0.5) is 0 Å². The van der Waals surface area contributed by atoms with E-state index in [-0.39, 0.29) is 0 Å². The lowest BCUT2D eigenvalue weighted by atomic mass is 10.0. The Bertz CT molecular complexity index is 473. The van der Waals surface area contributed by atoms with Gasteiger partial charge in [0.25, 0.3) is 0 Å². The summed E-state index contributed by atoms with van der Waals surface area (Å²) in [6, 6.07) is 10.4. The first kappa shape index (κ1) is 12.7. The molecule has 0 aliphatic carbocycles. The topological polar surface area (TPSA) is 9.23 Å². The molecule has 1 aromatic heterocycles. The van der Waals surface area contributed by atoms with Gasteiger partial charge in [0, 0.05) is 14.7 Å². The molecule has 1 aromatic carbocycles. The quantitative estimate of drug-likeness (QED) is 0.753. The van der Waals surface area contributed by atoms with Crippen LogP contribution in [0.1, 0.15) is 30.2 Å². The predicted octanol–water partition coefficient (Wildman–Crippen LogP) is 5.21. The molecule has 17 heavy (non-hydrogen) atoms. The number of ether oxygens (including phenoxy) is 1. The van der Waals surface area contributed by atoms with Crippen LogP contribution in [0.15, 0.2) is 40.2 Å². The molecule has 2 rings (SSSR count). The summed E-state index contributed by atoms with van der Waals surface area (Å²) >= 11 is 5.14. The molecule has 0 bridgehead atoms. The van der Waals surface area contributed by atoms with E-state index in [0.29, 0.717) is 12.5 Å². The third kappa shape index (κ3) is 3.58. The van der Waals surface area contributed by atoms with Crippen molar-refractivity contribution < 1.29 is 4.74 Å². The summed E-state index contributed by atoms with van der Waals surface area (Å²) in [6.07, 6.45) is 0. The number of halogens is 1. The third-order valence-electron chi connectivity index (χ3n) is 2.55. The molecular weight excluding hydrogens is 296 g/mol. The lowest BCUT2D eigenvalue weighted by Gasteiger charge is -2.08. The molecule has 0 radical (unpaired) electrons. The van der Waals surface area contributed by atoms with E-state index in [4.69, 9.17) is 4.74 Å². The third-order valence-corrected chi connectivity index (χ3v) is 4.22. The average Bonchev–Trinajstić information content (AvgIpc) is 2.73. The highest BCUT2D eigenvalue weighted by molar-refractivity contribution is 9.10. The fourth-order valence-electron chi connectivity index (χ4n) is 1.53.